The maximum atomic E-state index is 13.9. The first-order valence-corrected chi connectivity index (χ1v) is 9.08. The molecule has 1 heterocycles. The van der Waals surface area contributed by atoms with Gasteiger partial charge in [0.15, 0.2) is 17.9 Å². The molecular formula is C21H19F2NO5. The van der Waals surface area contributed by atoms with Gasteiger partial charge >= 0.3 is 5.97 Å². The van der Waals surface area contributed by atoms with E-state index in [0.29, 0.717) is 19.8 Å². The van der Waals surface area contributed by atoms with Crippen molar-refractivity contribution in [2.45, 2.75) is 25.7 Å². The van der Waals surface area contributed by atoms with Crippen LogP contribution in [0.15, 0.2) is 36.4 Å². The van der Waals surface area contributed by atoms with Gasteiger partial charge in [-0.25, -0.2) is 9.18 Å². The van der Waals surface area contributed by atoms with Crippen molar-refractivity contribution in [3.8, 4) is 11.8 Å². The summed E-state index contributed by atoms with van der Waals surface area (Å²) in [6.45, 7) is 3.22. The van der Waals surface area contributed by atoms with E-state index >= 15 is 0 Å². The lowest BCUT2D eigenvalue weighted by Gasteiger charge is -2.29. The molecule has 29 heavy (non-hydrogen) atoms. The molecule has 3 rings (SSSR count). The number of halogens is 2. The zero-order chi connectivity index (χ0) is 20.8. The van der Waals surface area contributed by atoms with Crippen molar-refractivity contribution >= 4 is 5.97 Å². The monoisotopic (exact) mass is 403 g/mol. The molecule has 0 N–H and O–H groups in total. The highest BCUT2D eigenvalue weighted by Gasteiger charge is 2.24. The average Bonchev–Trinajstić information content (AvgIpc) is 2.76. The van der Waals surface area contributed by atoms with Gasteiger partial charge in [-0.3, -0.25) is 0 Å². The fourth-order valence-electron chi connectivity index (χ4n) is 2.71. The Morgan fingerprint density at radius 3 is 2.52 bits per heavy atom. The van der Waals surface area contributed by atoms with Crippen LogP contribution in [0.5, 0.6) is 5.75 Å². The third-order valence-electron chi connectivity index (χ3n) is 4.26. The zero-order valence-electron chi connectivity index (χ0n) is 15.7. The van der Waals surface area contributed by atoms with Crippen molar-refractivity contribution in [2.24, 2.45) is 0 Å². The van der Waals surface area contributed by atoms with Crippen LogP contribution < -0.4 is 4.74 Å². The summed E-state index contributed by atoms with van der Waals surface area (Å²) in [5, 5.41) is 8.69. The molecule has 8 heteroatoms. The van der Waals surface area contributed by atoms with E-state index in [0.717, 1.165) is 24.1 Å². The summed E-state index contributed by atoms with van der Waals surface area (Å²) >= 11 is 0. The molecule has 1 aliphatic heterocycles. The highest BCUT2D eigenvalue weighted by Crippen LogP contribution is 2.25. The summed E-state index contributed by atoms with van der Waals surface area (Å²) in [7, 11) is 0. The molecule has 1 saturated heterocycles. The molecule has 1 fully saturated rings. The molecule has 0 aromatic heterocycles. The first-order chi connectivity index (χ1) is 14.0. The number of carbonyl (C=O) groups excluding carboxylic acids is 1. The van der Waals surface area contributed by atoms with Crippen LogP contribution in [0.1, 0.15) is 40.9 Å². The Hall–Kier alpha value is -2.86. The summed E-state index contributed by atoms with van der Waals surface area (Å²) in [5.41, 5.74) is 0.480. The Morgan fingerprint density at radius 2 is 1.90 bits per heavy atom. The molecule has 0 spiro atoms. The van der Waals surface area contributed by atoms with Gasteiger partial charge < -0.3 is 18.9 Å². The predicted molar refractivity (Wildman–Crippen MR) is 97.1 cm³/mol. The quantitative estimate of drug-likeness (QED) is 0.538. The Morgan fingerprint density at radius 1 is 1.14 bits per heavy atom. The highest BCUT2D eigenvalue weighted by molar-refractivity contribution is 5.91. The van der Waals surface area contributed by atoms with Crippen LogP contribution in [0.2, 0.25) is 0 Å². The van der Waals surface area contributed by atoms with E-state index in [1.165, 1.54) is 18.2 Å². The number of hydrogen-bond acceptors (Lipinski definition) is 6. The number of ether oxygens (including phenoxy) is 4. The predicted octanol–water partition coefficient (Wildman–Crippen LogP) is 3.90. The van der Waals surface area contributed by atoms with E-state index in [9.17, 15) is 13.6 Å². The molecule has 0 aliphatic carbocycles. The fraction of sp³-hybridized carbons (Fsp3) is 0.333. The lowest BCUT2D eigenvalue weighted by atomic mass is 10.1. The topological polar surface area (TPSA) is 77.8 Å². The van der Waals surface area contributed by atoms with Gasteiger partial charge in [0.1, 0.15) is 12.2 Å². The molecule has 2 aromatic rings. The molecule has 2 atom stereocenters. The van der Waals surface area contributed by atoms with E-state index in [1.54, 1.807) is 12.1 Å². The Bertz CT molecular complexity index is 903. The second-order valence-corrected chi connectivity index (χ2v) is 6.32. The van der Waals surface area contributed by atoms with Gasteiger partial charge in [0, 0.05) is 6.61 Å². The molecule has 2 unspecified atom stereocenters. The van der Waals surface area contributed by atoms with Gasteiger partial charge in [-0.2, -0.15) is 9.65 Å². The minimum atomic E-state index is -1.39. The standard InChI is InChI=1S/C21H19F2NO5/c1-2-9-26-18-12-27-17(11-28-18)13-3-5-14(6-4-13)21(25)29-16-8-7-15(10-24)19(22)20(16)23/h3-8,17-18H,2,9,11-12H2,1H3. The number of nitriles is 1. The third kappa shape index (κ3) is 4.95. The number of nitrogens with zero attached hydrogens (tertiary/aromatic N) is 1. The van der Waals surface area contributed by atoms with Crippen LogP contribution >= 0.6 is 0 Å². The normalized spacial score (nSPS) is 18.8. The van der Waals surface area contributed by atoms with E-state index in [-0.39, 0.29) is 18.0 Å². The van der Waals surface area contributed by atoms with Gasteiger partial charge in [0.25, 0.3) is 0 Å². The minimum Gasteiger partial charge on any atom is -0.420 e. The van der Waals surface area contributed by atoms with Gasteiger partial charge in [-0.15, -0.1) is 0 Å². The third-order valence-corrected chi connectivity index (χ3v) is 4.26. The van der Waals surface area contributed by atoms with Crippen LogP contribution in [0.25, 0.3) is 0 Å². The van der Waals surface area contributed by atoms with E-state index < -0.39 is 28.9 Å². The fourth-order valence-corrected chi connectivity index (χ4v) is 2.71. The lowest BCUT2D eigenvalue weighted by molar-refractivity contribution is -0.235. The molecule has 0 saturated carbocycles. The Kier molecular flexibility index (Phi) is 6.88. The molecule has 0 amide bonds. The molecule has 0 radical (unpaired) electrons. The van der Waals surface area contributed by atoms with Crippen molar-refractivity contribution in [1.29, 1.82) is 5.26 Å². The average molecular weight is 403 g/mol. The SMILES string of the molecule is CCCOC1COC(c2ccc(C(=O)Oc3ccc(C#N)c(F)c3F)cc2)CO1. The number of hydrogen-bond donors (Lipinski definition) is 0. The molecule has 0 bridgehead atoms. The first kappa shape index (κ1) is 20.9. The van der Waals surface area contributed by atoms with E-state index in [1.807, 2.05) is 6.92 Å². The molecule has 6 nitrogen and oxygen atoms in total. The van der Waals surface area contributed by atoms with Crippen molar-refractivity contribution in [2.75, 3.05) is 19.8 Å². The van der Waals surface area contributed by atoms with E-state index in [2.05, 4.69) is 0 Å². The Labute approximate surface area is 166 Å². The van der Waals surface area contributed by atoms with Gasteiger partial charge in [-0.05, 0) is 36.2 Å². The van der Waals surface area contributed by atoms with Crippen molar-refractivity contribution in [3.05, 3.63) is 64.7 Å². The van der Waals surface area contributed by atoms with Crippen LogP contribution in [0, 0.1) is 23.0 Å². The molecule has 152 valence electrons. The van der Waals surface area contributed by atoms with Gasteiger partial charge in [0.2, 0.25) is 5.82 Å². The number of esters is 1. The Balaban J connectivity index is 1.61. The number of rotatable bonds is 6. The first-order valence-electron chi connectivity index (χ1n) is 9.08. The van der Waals surface area contributed by atoms with Crippen molar-refractivity contribution < 1.29 is 32.5 Å². The summed E-state index contributed by atoms with van der Waals surface area (Å²) < 4.78 is 49.3. The molecular weight excluding hydrogens is 384 g/mol. The van der Waals surface area contributed by atoms with Crippen LogP contribution in [0.4, 0.5) is 8.78 Å². The van der Waals surface area contributed by atoms with Crippen LogP contribution in [-0.4, -0.2) is 32.1 Å². The summed E-state index contributed by atoms with van der Waals surface area (Å²) in [5.74, 6) is -4.18. The largest absolute Gasteiger partial charge is 0.420 e. The minimum absolute atomic E-state index is 0.152. The second-order valence-electron chi connectivity index (χ2n) is 6.32. The highest BCUT2D eigenvalue weighted by atomic mass is 19.2. The van der Waals surface area contributed by atoms with Crippen LogP contribution in [0.3, 0.4) is 0 Å². The zero-order valence-corrected chi connectivity index (χ0v) is 15.7. The summed E-state index contributed by atoms with van der Waals surface area (Å²) in [6, 6.07) is 9.94. The van der Waals surface area contributed by atoms with Gasteiger partial charge in [-0.1, -0.05) is 19.1 Å². The van der Waals surface area contributed by atoms with Gasteiger partial charge in [0.05, 0.1) is 24.3 Å². The second kappa shape index (κ2) is 9.56. The summed E-state index contributed by atoms with van der Waals surface area (Å²) in [6.07, 6.45) is 0.203. The number of benzene rings is 2. The smallest absolute Gasteiger partial charge is 0.343 e. The summed E-state index contributed by atoms with van der Waals surface area (Å²) in [4.78, 5) is 12.2. The molecule has 1 aliphatic rings. The van der Waals surface area contributed by atoms with Crippen molar-refractivity contribution in [1.82, 2.24) is 0 Å². The maximum absolute atomic E-state index is 13.9. The van der Waals surface area contributed by atoms with Crippen molar-refractivity contribution in [3.63, 3.8) is 0 Å². The lowest BCUT2D eigenvalue weighted by Crippen LogP contribution is -2.33. The number of carbonyl (C=O) groups is 1. The molecule has 2 aromatic carbocycles. The van der Waals surface area contributed by atoms with E-state index in [4.69, 9.17) is 24.2 Å². The van der Waals surface area contributed by atoms with Crippen LogP contribution in [-0.2, 0) is 14.2 Å². The maximum Gasteiger partial charge on any atom is 0.343 e.